The number of H-pyrrole nitrogens is 1. The zero-order valence-electron chi connectivity index (χ0n) is 15.3. The van der Waals surface area contributed by atoms with E-state index in [-0.39, 0.29) is 0 Å². The van der Waals surface area contributed by atoms with Crippen molar-refractivity contribution >= 4 is 27.1 Å². The molecule has 0 spiro atoms. The fraction of sp³-hybridized carbons (Fsp3) is 0.211. The average molecular weight is 441 g/mol. The maximum absolute atomic E-state index is 12.7. The predicted octanol–water partition coefficient (Wildman–Crippen LogP) is 2.48. The first-order chi connectivity index (χ1) is 13.5. The molecular weight excluding hydrogens is 424 g/mol. The van der Waals surface area contributed by atoms with Gasteiger partial charge >= 0.3 is 5.69 Å². The topological polar surface area (TPSA) is 98.5 Å². The zero-order valence-corrected chi connectivity index (χ0v) is 16.9. The molecule has 9 heteroatoms. The van der Waals surface area contributed by atoms with Crippen LogP contribution in [0, 0.1) is 6.92 Å². The van der Waals surface area contributed by atoms with Crippen molar-refractivity contribution in [1.29, 1.82) is 0 Å². The van der Waals surface area contributed by atoms with Gasteiger partial charge in [0.1, 0.15) is 10.3 Å². The quantitative estimate of drug-likeness (QED) is 0.525. The van der Waals surface area contributed by atoms with E-state index in [9.17, 15) is 9.59 Å². The molecule has 0 aliphatic rings. The minimum Gasteiger partial charge on any atom is -0.312 e. The number of aromatic amines is 1. The molecular formula is C19H17BrN6O2. The second-order valence-electron chi connectivity index (χ2n) is 6.31. The summed E-state index contributed by atoms with van der Waals surface area (Å²) >= 11 is 3.32. The van der Waals surface area contributed by atoms with Gasteiger partial charge in [0, 0.05) is 13.1 Å². The monoisotopic (exact) mass is 440 g/mol. The van der Waals surface area contributed by atoms with E-state index >= 15 is 0 Å². The summed E-state index contributed by atoms with van der Waals surface area (Å²) in [5.41, 5.74) is 1.96. The van der Waals surface area contributed by atoms with Gasteiger partial charge in [-0.1, -0.05) is 30.3 Å². The van der Waals surface area contributed by atoms with Crippen LogP contribution in [-0.2, 0) is 13.1 Å². The van der Waals surface area contributed by atoms with Gasteiger partial charge in [0.2, 0.25) is 0 Å². The lowest BCUT2D eigenvalue weighted by Gasteiger charge is -2.10. The molecule has 28 heavy (non-hydrogen) atoms. The van der Waals surface area contributed by atoms with Gasteiger partial charge in [-0.15, -0.1) is 0 Å². The van der Waals surface area contributed by atoms with E-state index in [1.165, 1.54) is 4.57 Å². The molecule has 8 nitrogen and oxygen atoms in total. The first kappa shape index (κ1) is 18.3. The van der Waals surface area contributed by atoms with Crippen LogP contribution in [0.15, 0.2) is 50.7 Å². The zero-order chi connectivity index (χ0) is 19.8. The van der Waals surface area contributed by atoms with Crippen LogP contribution in [0.2, 0.25) is 0 Å². The molecule has 0 atom stereocenters. The van der Waals surface area contributed by atoms with Gasteiger partial charge < -0.3 is 4.57 Å². The molecule has 142 valence electrons. The van der Waals surface area contributed by atoms with Gasteiger partial charge in [-0.2, -0.15) is 0 Å². The molecule has 1 aromatic carbocycles. The van der Waals surface area contributed by atoms with Crippen LogP contribution in [-0.4, -0.2) is 29.1 Å². The molecule has 0 saturated heterocycles. The molecule has 0 unspecified atom stereocenters. The predicted molar refractivity (Wildman–Crippen MR) is 109 cm³/mol. The van der Waals surface area contributed by atoms with Crippen molar-refractivity contribution in [3.05, 3.63) is 73.2 Å². The smallest absolute Gasteiger partial charge is 0.312 e. The molecule has 3 aromatic heterocycles. The summed E-state index contributed by atoms with van der Waals surface area (Å²) in [5, 5.41) is 0. The second kappa shape index (κ2) is 7.16. The van der Waals surface area contributed by atoms with Crippen molar-refractivity contribution in [3.8, 4) is 11.5 Å². The second-order valence-corrected chi connectivity index (χ2v) is 7.12. The molecule has 0 saturated carbocycles. The summed E-state index contributed by atoms with van der Waals surface area (Å²) in [6.07, 6.45) is 1.59. The van der Waals surface area contributed by atoms with E-state index in [0.29, 0.717) is 46.1 Å². The van der Waals surface area contributed by atoms with Crippen molar-refractivity contribution in [2.75, 3.05) is 0 Å². The van der Waals surface area contributed by atoms with Crippen LogP contribution in [0.1, 0.15) is 18.2 Å². The van der Waals surface area contributed by atoms with Crippen molar-refractivity contribution < 1.29 is 0 Å². The van der Waals surface area contributed by atoms with Crippen LogP contribution in [0.25, 0.3) is 22.7 Å². The summed E-state index contributed by atoms with van der Waals surface area (Å²) in [7, 11) is 0. The maximum atomic E-state index is 12.7. The summed E-state index contributed by atoms with van der Waals surface area (Å²) in [4.78, 5) is 40.8. The number of imidazole rings is 1. The number of nitrogens with zero attached hydrogens (tertiary/aromatic N) is 5. The summed E-state index contributed by atoms with van der Waals surface area (Å²) < 4.78 is 3.85. The molecule has 0 amide bonds. The largest absolute Gasteiger partial charge is 0.330 e. The molecule has 4 aromatic rings. The first-order valence-electron chi connectivity index (χ1n) is 8.76. The van der Waals surface area contributed by atoms with Crippen LogP contribution >= 0.6 is 15.9 Å². The molecule has 0 bridgehead atoms. The summed E-state index contributed by atoms with van der Waals surface area (Å²) in [6, 6.07) is 9.75. The molecule has 3 heterocycles. The van der Waals surface area contributed by atoms with Gasteiger partial charge in [-0.05, 0) is 35.3 Å². The standard InChI is InChI=1S/C19H17BrN6O2/c1-3-25-17-15(18(27)24-19(25)28)26(10-12-7-5-4-6-8-12)16(23-17)14-11(2)22-13(20)9-21-14/h4-9H,3,10H2,1-2H3,(H,24,27,28). The SMILES string of the molecule is CCn1c(=O)[nH]c(=O)c2c1nc(-c1ncc(Br)nc1C)n2Cc1ccccc1. The Morgan fingerprint density at radius 1 is 1.11 bits per heavy atom. The van der Waals surface area contributed by atoms with Crippen molar-refractivity contribution in [1.82, 2.24) is 29.1 Å². The highest BCUT2D eigenvalue weighted by Gasteiger charge is 2.21. The summed E-state index contributed by atoms with van der Waals surface area (Å²) in [6.45, 7) is 4.46. The Bertz CT molecular complexity index is 1290. The Morgan fingerprint density at radius 3 is 2.54 bits per heavy atom. The van der Waals surface area contributed by atoms with Crippen molar-refractivity contribution in [2.45, 2.75) is 26.9 Å². The van der Waals surface area contributed by atoms with E-state index in [2.05, 4.69) is 35.9 Å². The van der Waals surface area contributed by atoms with E-state index in [1.807, 2.05) is 44.2 Å². The number of rotatable bonds is 4. The van der Waals surface area contributed by atoms with E-state index in [0.717, 1.165) is 5.56 Å². The fourth-order valence-electron chi connectivity index (χ4n) is 3.24. The Kier molecular flexibility index (Phi) is 4.68. The molecule has 0 radical (unpaired) electrons. The minimum absolute atomic E-state index is 0.337. The maximum Gasteiger partial charge on any atom is 0.330 e. The number of nitrogens with one attached hydrogen (secondary N) is 1. The third-order valence-corrected chi connectivity index (χ3v) is 4.90. The molecule has 0 fully saturated rings. The van der Waals surface area contributed by atoms with Gasteiger partial charge in [0.25, 0.3) is 5.56 Å². The van der Waals surface area contributed by atoms with Crippen LogP contribution in [0.4, 0.5) is 0 Å². The van der Waals surface area contributed by atoms with Gasteiger partial charge in [-0.25, -0.2) is 19.7 Å². The Hall–Kier alpha value is -3.07. The Labute approximate surface area is 168 Å². The van der Waals surface area contributed by atoms with Crippen LogP contribution in [0.3, 0.4) is 0 Å². The third-order valence-electron chi connectivity index (χ3n) is 4.51. The van der Waals surface area contributed by atoms with Crippen LogP contribution < -0.4 is 11.2 Å². The van der Waals surface area contributed by atoms with E-state index in [4.69, 9.17) is 0 Å². The highest BCUT2D eigenvalue weighted by Crippen LogP contribution is 2.25. The van der Waals surface area contributed by atoms with Crippen LogP contribution in [0.5, 0.6) is 0 Å². The Morgan fingerprint density at radius 2 is 1.86 bits per heavy atom. The molecule has 0 aliphatic carbocycles. The lowest BCUT2D eigenvalue weighted by molar-refractivity contribution is 0.717. The normalized spacial score (nSPS) is 11.2. The highest BCUT2D eigenvalue weighted by atomic mass is 79.9. The Balaban J connectivity index is 2.08. The van der Waals surface area contributed by atoms with Gasteiger partial charge in [0.05, 0.1) is 11.9 Å². The number of halogens is 1. The van der Waals surface area contributed by atoms with Gasteiger partial charge in [-0.3, -0.25) is 14.3 Å². The van der Waals surface area contributed by atoms with Crippen molar-refractivity contribution in [3.63, 3.8) is 0 Å². The van der Waals surface area contributed by atoms with E-state index < -0.39 is 11.2 Å². The number of benzene rings is 1. The highest BCUT2D eigenvalue weighted by molar-refractivity contribution is 9.10. The number of hydrogen-bond donors (Lipinski definition) is 1. The number of fused-ring (bicyclic) bond motifs is 1. The average Bonchev–Trinajstić information content (AvgIpc) is 3.02. The number of hydrogen-bond acceptors (Lipinski definition) is 5. The number of aromatic nitrogens is 6. The molecule has 0 aliphatic heterocycles. The van der Waals surface area contributed by atoms with E-state index in [1.54, 1.807) is 10.8 Å². The molecule has 1 N–H and O–H groups in total. The summed E-state index contributed by atoms with van der Waals surface area (Å²) in [5.74, 6) is 0.495. The van der Waals surface area contributed by atoms with Crippen molar-refractivity contribution in [2.24, 2.45) is 0 Å². The first-order valence-corrected chi connectivity index (χ1v) is 9.55. The lowest BCUT2D eigenvalue weighted by atomic mass is 10.2. The third kappa shape index (κ3) is 3.07. The fourth-order valence-corrected chi connectivity index (χ4v) is 3.61. The molecule has 4 rings (SSSR count). The van der Waals surface area contributed by atoms with Gasteiger partial charge in [0.15, 0.2) is 17.0 Å². The number of aryl methyl sites for hydroxylation is 2. The lowest BCUT2D eigenvalue weighted by Crippen LogP contribution is -2.30. The minimum atomic E-state index is -0.477.